The normalized spacial score (nSPS) is 10.7. The Morgan fingerprint density at radius 1 is 1.24 bits per heavy atom. The molecule has 0 radical (unpaired) electrons. The first-order valence-corrected chi connectivity index (χ1v) is 8.16. The van der Waals surface area contributed by atoms with Crippen molar-refractivity contribution in [2.75, 3.05) is 5.32 Å². The number of carbonyl (C=O) groups is 1. The van der Waals surface area contributed by atoms with E-state index in [9.17, 15) is 9.18 Å². The first kappa shape index (κ1) is 17.2. The standard InChI is InChI=1S/C19H16ClFN2O2/c1-12-2-7-16(15(20)10-12)23-18(24)8-9-19-22-11-17(25-19)13-3-5-14(21)6-4-13/h2-7,10-11H,8-9H2,1H3,(H,23,24). The van der Waals surface area contributed by atoms with Gasteiger partial charge in [-0.1, -0.05) is 17.7 Å². The van der Waals surface area contributed by atoms with Crippen molar-refractivity contribution in [3.63, 3.8) is 0 Å². The highest BCUT2D eigenvalue weighted by atomic mass is 35.5. The van der Waals surface area contributed by atoms with Gasteiger partial charge in [0.15, 0.2) is 11.7 Å². The summed E-state index contributed by atoms with van der Waals surface area (Å²) < 4.78 is 18.6. The molecule has 128 valence electrons. The molecule has 0 atom stereocenters. The number of oxazole rings is 1. The van der Waals surface area contributed by atoms with Crippen LogP contribution in [0, 0.1) is 12.7 Å². The van der Waals surface area contributed by atoms with Gasteiger partial charge in [-0.3, -0.25) is 4.79 Å². The van der Waals surface area contributed by atoms with Crippen LogP contribution in [-0.4, -0.2) is 10.9 Å². The van der Waals surface area contributed by atoms with Gasteiger partial charge in [0, 0.05) is 18.4 Å². The molecule has 0 spiro atoms. The van der Waals surface area contributed by atoms with E-state index >= 15 is 0 Å². The number of nitrogens with one attached hydrogen (secondary N) is 1. The highest BCUT2D eigenvalue weighted by Gasteiger charge is 2.10. The lowest BCUT2D eigenvalue weighted by Crippen LogP contribution is -2.12. The van der Waals surface area contributed by atoms with Gasteiger partial charge in [-0.15, -0.1) is 0 Å². The molecule has 0 aliphatic carbocycles. The van der Waals surface area contributed by atoms with Crippen molar-refractivity contribution < 1.29 is 13.6 Å². The Morgan fingerprint density at radius 2 is 2.00 bits per heavy atom. The fourth-order valence-electron chi connectivity index (χ4n) is 2.33. The van der Waals surface area contributed by atoms with Crippen LogP contribution in [-0.2, 0) is 11.2 Å². The Labute approximate surface area is 149 Å². The molecular weight excluding hydrogens is 343 g/mol. The molecule has 3 aromatic rings. The molecule has 1 heterocycles. The lowest BCUT2D eigenvalue weighted by Gasteiger charge is -2.07. The molecule has 0 fully saturated rings. The number of hydrogen-bond acceptors (Lipinski definition) is 3. The molecule has 1 amide bonds. The monoisotopic (exact) mass is 358 g/mol. The largest absolute Gasteiger partial charge is 0.441 e. The second-order valence-electron chi connectivity index (χ2n) is 5.66. The van der Waals surface area contributed by atoms with Crippen molar-refractivity contribution >= 4 is 23.2 Å². The maximum Gasteiger partial charge on any atom is 0.224 e. The van der Waals surface area contributed by atoms with E-state index in [2.05, 4.69) is 10.3 Å². The van der Waals surface area contributed by atoms with Crippen LogP contribution in [0.1, 0.15) is 17.9 Å². The molecule has 0 aliphatic heterocycles. The topological polar surface area (TPSA) is 55.1 Å². The van der Waals surface area contributed by atoms with E-state index < -0.39 is 0 Å². The molecule has 1 N–H and O–H groups in total. The fourth-order valence-corrected chi connectivity index (χ4v) is 2.61. The van der Waals surface area contributed by atoms with Crippen LogP contribution in [0.5, 0.6) is 0 Å². The molecule has 4 nitrogen and oxygen atoms in total. The van der Waals surface area contributed by atoms with E-state index in [1.165, 1.54) is 12.1 Å². The number of aryl methyl sites for hydroxylation is 2. The Morgan fingerprint density at radius 3 is 2.72 bits per heavy atom. The van der Waals surface area contributed by atoms with Gasteiger partial charge in [0.25, 0.3) is 0 Å². The fraction of sp³-hybridized carbons (Fsp3) is 0.158. The minimum absolute atomic E-state index is 0.174. The maximum absolute atomic E-state index is 12.9. The second-order valence-corrected chi connectivity index (χ2v) is 6.06. The maximum atomic E-state index is 12.9. The smallest absolute Gasteiger partial charge is 0.224 e. The van der Waals surface area contributed by atoms with Crippen molar-refractivity contribution in [3.8, 4) is 11.3 Å². The zero-order chi connectivity index (χ0) is 17.8. The predicted octanol–water partition coefficient (Wildman–Crippen LogP) is 5.01. The third-order valence-electron chi connectivity index (χ3n) is 3.65. The second kappa shape index (κ2) is 7.49. The Kier molecular flexibility index (Phi) is 5.14. The quantitative estimate of drug-likeness (QED) is 0.697. The van der Waals surface area contributed by atoms with Gasteiger partial charge >= 0.3 is 0 Å². The van der Waals surface area contributed by atoms with Crippen molar-refractivity contribution in [2.45, 2.75) is 19.8 Å². The van der Waals surface area contributed by atoms with E-state index in [1.54, 1.807) is 30.5 Å². The molecule has 25 heavy (non-hydrogen) atoms. The van der Waals surface area contributed by atoms with Gasteiger partial charge < -0.3 is 9.73 Å². The summed E-state index contributed by atoms with van der Waals surface area (Å²) in [5.41, 5.74) is 2.34. The van der Waals surface area contributed by atoms with Crippen LogP contribution in [0.25, 0.3) is 11.3 Å². The van der Waals surface area contributed by atoms with Crippen LogP contribution in [0.15, 0.2) is 53.1 Å². The van der Waals surface area contributed by atoms with Crippen LogP contribution < -0.4 is 5.32 Å². The molecule has 3 rings (SSSR count). The Hall–Kier alpha value is -2.66. The first-order chi connectivity index (χ1) is 12.0. The zero-order valence-corrected chi connectivity index (χ0v) is 14.3. The molecule has 0 bridgehead atoms. The minimum Gasteiger partial charge on any atom is -0.441 e. The molecule has 0 aliphatic rings. The van der Waals surface area contributed by atoms with E-state index in [4.69, 9.17) is 16.0 Å². The van der Waals surface area contributed by atoms with Crippen molar-refractivity contribution in [1.29, 1.82) is 0 Å². The van der Waals surface area contributed by atoms with E-state index in [1.807, 2.05) is 13.0 Å². The first-order valence-electron chi connectivity index (χ1n) is 7.78. The number of rotatable bonds is 5. The number of benzene rings is 2. The third kappa shape index (κ3) is 4.45. The number of amides is 1. The molecule has 0 unspecified atom stereocenters. The molecular formula is C19H16ClFN2O2. The number of nitrogens with zero attached hydrogens (tertiary/aromatic N) is 1. The zero-order valence-electron chi connectivity index (χ0n) is 13.6. The summed E-state index contributed by atoms with van der Waals surface area (Å²) in [4.78, 5) is 16.2. The van der Waals surface area contributed by atoms with Gasteiger partial charge in [0.1, 0.15) is 5.82 Å². The summed E-state index contributed by atoms with van der Waals surface area (Å²) in [6.07, 6.45) is 2.14. The number of halogens is 2. The van der Waals surface area contributed by atoms with E-state index in [0.29, 0.717) is 28.8 Å². The van der Waals surface area contributed by atoms with Gasteiger partial charge in [0.05, 0.1) is 16.9 Å². The SMILES string of the molecule is Cc1ccc(NC(=O)CCc2ncc(-c3ccc(F)cc3)o2)c(Cl)c1. The molecule has 2 aromatic carbocycles. The summed E-state index contributed by atoms with van der Waals surface area (Å²) >= 11 is 6.10. The van der Waals surface area contributed by atoms with Crippen LogP contribution >= 0.6 is 11.6 Å². The third-order valence-corrected chi connectivity index (χ3v) is 3.96. The molecule has 1 aromatic heterocycles. The summed E-state index contributed by atoms with van der Waals surface area (Å²) in [6, 6.07) is 11.4. The van der Waals surface area contributed by atoms with Crippen molar-refractivity contribution in [2.24, 2.45) is 0 Å². The van der Waals surface area contributed by atoms with Gasteiger partial charge in [-0.2, -0.15) is 0 Å². The Bertz CT molecular complexity index is 891. The van der Waals surface area contributed by atoms with Gasteiger partial charge in [-0.25, -0.2) is 9.37 Å². The lowest BCUT2D eigenvalue weighted by molar-refractivity contribution is -0.116. The average molecular weight is 359 g/mol. The predicted molar refractivity (Wildman–Crippen MR) is 95.0 cm³/mol. The van der Waals surface area contributed by atoms with Gasteiger partial charge in [0.2, 0.25) is 5.91 Å². The summed E-state index contributed by atoms with van der Waals surface area (Å²) in [6.45, 7) is 1.93. The number of carbonyl (C=O) groups excluding carboxylic acids is 1. The average Bonchev–Trinajstić information content (AvgIpc) is 3.05. The minimum atomic E-state index is -0.310. The van der Waals surface area contributed by atoms with E-state index in [0.717, 1.165) is 11.1 Å². The van der Waals surface area contributed by atoms with Gasteiger partial charge in [-0.05, 0) is 48.9 Å². The number of aromatic nitrogens is 1. The van der Waals surface area contributed by atoms with Crippen LogP contribution in [0.2, 0.25) is 5.02 Å². The molecule has 6 heteroatoms. The van der Waals surface area contributed by atoms with Crippen LogP contribution in [0.3, 0.4) is 0 Å². The van der Waals surface area contributed by atoms with Crippen molar-refractivity contribution in [3.05, 3.63) is 71.0 Å². The summed E-state index contributed by atoms with van der Waals surface area (Å²) in [5, 5.41) is 3.27. The number of anilines is 1. The summed E-state index contributed by atoms with van der Waals surface area (Å²) in [5.74, 6) is 0.503. The summed E-state index contributed by atoms with van der Waals surface area (Å²) in [7, 11) is 0. The van der Waals surface area contributed by atoms with Crippen LogP contribution in [0.4, 0.5) is 10.1 Å². The lowest BCUT2D eigenvalue weighted by atomic mass is 10.2. The number of hydrogen-bond donors (Lipinski definition) is 1. The van der Waals surface area contributed by atoms with Crippen molar-refractivity contribution in [1.82, 2.24) is 4.98 Å². The highest BCUT2D eigenvalue weighted by molar-refractivity contribution is 6.33. The molecule has 0 saturated heterocycles. The van der Waals surface area contributed by atoms with E-state index in [-0.39, 0.29) is 18.1 Å². The Balaban J connectivity index is 1.58. The highest BCUT2D eigenvalue weighted by Crippen LogP contribution is 2.24. The molecule has 0 saturated carbocycles.